The normalized spacial score (nSPS) is 39.7. The fourth-order valence-electron chi connectivity index (χ4n) is 3.15. The monoisotopic (exact) mass is 271 g/mol. The van der Waals surface area contributed by atoms with E-state index in [4.69, 9.17) is 9.47 Å². The third kappa shape index (κ3) is 3.09. The van der Waals surface area contributed by atoms with Crippen LogP contribution in [0.1, 0.15) is 33.1 Å². The minimum Gasteiger partial charge on any atom is -0.481 e. The molecule has 5 nitrogen and oxygen atoms in total. The Labute approximate surface area is 114 Å². The van der Waals surface area contributed by atoms with Crippen molar-refractivity contribution in [3.63, 3.8) is 0 Å². The molecule has 2 fully saturated rings. The summed E-state index contributed by atoms with van der Waals surface area (Å²) in [5.74, 6) is -1.15. The Morgan fingerprint density at radius 3 is 2.84 bits per heavy atom. The van der Waals surface area contributed by atoms with E-state index in [1.54, 1.807) is 0 Å². The highest BCUT2D eigenvalue weighted by molar-refractivity contribution is 5.71. The molecule has 0 radical (unpaired) electrons. The lowest BCUT2D eigenvalue weighted by Gasteiger charge is -2.43. The molecule has 2 saturated heterocycles. The molecule has 0 bridgehead atoms. The van der Waals surface area contributed by atoms with Gasteiger partial charge >= 0.3 is 5.97 Å². The molecular formula is C14H25NO4. The predicted octanol–water partition coefficient (Wildman–Crippen LogP) is 1.37. The smallest absolute Gasteiger partial charge is 0.310 e. The quantitative estimate of drug-likeness (QED) is 0.836. The van der Waals surface area contributed by atoms with E-state index in [9.17, 15) is 9.90 Å². The van der Waals surface area contributed by atoms with Gasteiger partial charge in [0.2, 0.25) is 0 Å². The van der Waals surface area contributed by atoms with E-state index < -0.39 is 11.9 Å². The van der Waals surface area contributed by atoms with Crippen molar-refractivity contribution in [1.82, 2.24) is 4.90 Å². The molecule has 0 aromatic rings. The van der Waals surface area contributed by atoms with E-state index >= 15 is 0 Å². The van der Waals surface area contributed by atoms with Gasteiger partial charge < -0.3 is 14.6 Å². The molecule has 2 aliphatic rings. The number of ether oxygens (including phenoxy) is 2. The number of nitrogens with zero attached hydrogens (tertiary/aromatic N) is 1. The standard InChI is InChI=1S/C14H25NO4/c1-4-14(2)7-10(5-6-19-14)15(3)12-9-18-8-11(12)13(16)17/h10-12H,4-9H2,1-3H3,(H,16,17). The summed E-state index contributed by atoms with van der Waals surface area (Å²) in [6.07, 6.45) is 2.92. The highest BCUT2D eigenvalue weighted by Crippen LogP contribution is 2.32. The lowest BCUT2D eigenvalue weighted by molar-refractivity contribution is -0.144. The summed E-state index contributed by atoms with van der Waals surface area (Å²) in [4.78, 5) is 13.5. The Morgan fingerprint density at radius 1 is 1.47 bits per heavy atom. The molecule has 4 unspecified atom stereocenters. The average molecular weight is 271 g/mol. The molecule has 0 amide bonds. The van der Waals surface area contributed by atoms with Gasteiger partial charge in [0.1, 0.15) is 0 Å². The second-order valence-electron chi connectivity index (χ2n) is 6.01. The number of carboxylic acids is 1. The maximum Gasteiger partial charge on any atom is 0.310 e. The van der Waals surface area contributed by atoms with Gasteiger partial charge in [0.15, 0.2) is 0 Å². The predicted molar refractivity (Wildman–Crippen MR) is 71.2 cm³/mol. The van der Waals surface area contributed by atoms with Gasteiger partial charge in [-0.05, 0) is 33.2 Å². The Balaban J connectivity index is 2.02. The summed E-state index contributed by atoms with van der Waals surface area (Å²) in [6, 6.07) is 0.369. The number of likely N-dealkylation sites (N-methyl/N-ethyl adjacent to an activating group) is 1. The zero-order valence-electron chi connectivity index (χ0n) is 12.1. The number of rotatable bonds is 4. The van der Waals surface area contributed by atoms with Gasteiger partial charge in [-0.1, -0.05) is 6.92 Å². The number of carbonyl (C=O) groups is 1. The molecule has 0 aliphatic carbocycles. The Bertz CT molecular complexity index is 335. The molecule has 4 atom stereocenters. The Morgan fingerprint density at radius 2 is 2.21 bits per heavy atom. The summed E-state index contributed by atoms with van der Waals surface area (Å²) >= 11 is 0. The zero-order chi connectivity index (χ0) is 14.0. The van der Waals surface area contributed by atoms with Crippen LogP contribution in [0.25, 0.3) is 0 Å². The van der Waals surface area contributed by atoms with Crippen molar-refractivity contribution in [3.8, 4) is 0 Å². The first-order valence-electron chi connectivity index (χ1n) is 7.13. The Kier molecular flexibility index (Phi) is 4.48. The van der Waals surface area contributed by atoms with Crippen LogP contribution in [-0.2, 0) is 14.3 Å². The first-order chi connectivity index (χ1) is 8.97. The van der Waals surface area contributed by atoms with Gasteiger partial charge in [0, 0.05) is 18.7 Å². The molecule has 19 heavy (non-hydrogen) atoms. The lowest BCUT2D eigenvalue weighted by Crippen LogP contribution is -2.52. The van der Waals surface area contributed by atoms with E-state index in [1.807, 2.05) is 7.05 Å². The first kappa shape index (κ1) is 14.8. The molecular weight excluding hydrogens is 246 g/mol. The van der Waals surface area contributed by atoms with Gasteiger partial charge in [0.05, 0.1) is 24.7 Å². The van der Waals surface area contributed by atoms with E-state index in [0.717, 1.165) is 25.9 Å². The van der Waals surface area contributed by atoms with Crippen LogP contribution in [0.2, 0.25) is 0 Å². The van der Waals surface area contributed by atoms with E-state index in [-0.39, 0.29) is 11.6 Å². The number of hydrogen-bond acceptors (Lipinski definition) is 4. The van der Waals surface area contributed by atoms with Crippen LogP contribution in [0.4, 0.5) is 0 Å². The number of carboxylic acid groups (broad SMARTS) is 1. The maximum absolute atomic E-state index is 11.3. The van der Waals surface area contributed by atoms with Gasteiger partial charge in [-0.25, -0.2) is 0 Å². The molecule has 5 heteroatoms. The van der Waals surface area contributed by atoms with Crippen LogP contribution < -0.4 is 0 Å². The fourth-order valence-corrected chi connectivity index (χ4v) is 3.15. The average Bonchev–Trinajstić information content (AvgIpc) is 2.87. The third-order valence-corrected chi connectivity index (χ3v) is 4.78. The molecule has 110 valence electrons. The summed E-state index contributed by atoms with van der Waals surface area (Å²) < 4.78 is 11.2. The van der Waals surface area contributed by atoms with Gasteiger partial charge in [-0.3, -0.25) is 9.69 Å². The van der Waals surface area contributed by atoms with Crippen molar-refractivity contribution in [2.75, 3.05) is 26.9 Å². The maximum atomic E-state index is 11.3. The summed E-state index contributed by atoms with van der Waals surface area (Å²) in [7, 11) is 2.03. The number of aliphatic carboxylic acids is 1. The lowest BCUT2D eigenvalue weighted by atomic mass is 9.88. The van der Waals surface area contributed by atoms with Crippen molar-refractivity contribution in [2.24, 2.45) is 5.92 Å². The fraction of sp³-hybridized carbons (Fsp3) is 0.929. The van der Waals surface area contributed by atoms with E-state index in [0.29, 0.717) is 19.3 Å². The molecule has 0 aromatic carbocycles. The minimum atomic E-state index is -0.750. The minimum absolute atomic E-state index is 0.0123. The van der Waals surface area contributed by atoms with Crippen LogP contribution in [0.3, 0.4) is 0 Å². The molecule has 0 aromatic heterocycles. The summed E-state index contributed by atoms with van der Waals surface area (Å²) in [6.45, 7) is 5.89. The third-order valence-electron chi connectivity index (χ3n) is 4.78. The van der Waals surface area contributed by atoms with Crippen LogP contribution in [0.5, 0.6) is 0 Å². The zero-order valence-corrected chi connectivity index (χ0v) is 12.1. The van der Waals surface area contributed by atoms with Crippen LogP contribution in [-0.4, -0.2) is 60.5 Å². The van der Waals surface area contributed by atoms with Gasteiger partial charge in [-0.2, -0.15) is 0 Å². The SMILES string of the molecule is CCC1(C)CC(N(C)C2COCC2C(=O)O)CCO1. The van der Waals surface area contributed by atoms with Crippen LogP contribution in [0, 0.1) is 5.92 Å². The van der Waals surface area contributed by atoms with E-state index in [1.165, 1.54) is 0 Å². The molecule has 1 N–H and O–H groups in total. The molecule has 2 aliphatic heterocycles. The Hall–Kier alpha value is -0.650. The molecule has 2 rings (SSSR count). The number of hydrogen-bond donors (Lipinski definition) is 1. The summed E-state index contributed by atoms with van der Waals surface area (Å²) in [5.41, 5.74) is -0.0740. The molecule has 0 spiro atoms. The van der Waals surface area contributed by atoms with Crippen molar-refractivity contribution in [2.45, 2.75) is 50.8 Å². The molecule has 2 heterocycles. The van der Waals surface area contributed by atoms with Crippen molar-refractivity contribution in [3.05, 3.63) is 0 Å². The highest BCUT2D eigenvalue weighted by Gasteiger charge is 2.41. The van der Waals surface area contributed by atoms with E-state index in [2.05, 4.69) is 18.7 Å². The first-order valence-corrected chi connectivity index (χ1v) is 7.13. The van der Waals surface area contributed by atoms with Crippen molar-refractivity contribution < 1.29 is 19.4 Å². The van der Waals surface area contributed by atoms with Crippen LogP contribution >= 0.6 is 0 Å². The summed E-state index contributed by atoms with van der Waals surface area (Å²) in [5, 5.41) is 9.25. The van der Waals surface area contributed by atoms with Crippen molar-refractivity contribution >= 4 is 5.97 Å². The topological polar surface area (TPSA) is 59.0 Å². The highest BCUT2D eigenvalue weighted by atomic mass is 16.5. The molecule has 0 saturated carbocycles. The van der Waals surface area contributed by atoms with Crippen molar-refractivity contribution in [1.29, 1.82) is 0 Å². The second-order valence-corrected chi connectivity index (χ2v) is 6.01. The largest absolute Gasteiger partial charge is 0.481 e. The van der Waals surface area contributed by atoms with Gasteiger partial charge in [0.25, 0.3) is 0 Å². The van der Waals surface area contributed by atoms with Gasteiger partial charge in [-0.15, -0.1) is 0 Å². The second kappa shape index (κ2) is 5.77. The van der Waals surface area contributed by atoms with Crippen LogP contribution in [0.15, 0.2) is 0 Å².